The molecule has 1 aromatic carbocycles. The van der Waals surface area contributed by atoms with E-state index in [1.54, 1.807) is 29.3 Å². The number of nitrogens with zero attached hydrogens (tertiary/aromatic N) is 3. The second kappa shape index (κ2) is 9.54. The SMILES string of the molecule is CC(C)(C)c1ccc(S(=O)(=O)NCCC(=O)N2CCN(c3ccc(Cl)cn3)CC2)cc1. The maximum Gasteiger partial charge on any atom is 0.240 e. The molecule has 1 aliphatic heterocycles. The number of amides is 1. The number of benzene rings is 1. The lowest BCUT2D eigenvalue weighted by atomic mass is 9.87. The third kappa shape index (κ3) is 6.18. The molecule has 3 rings (SSSR count). The number of aromatic nitrogens is 1. The second-order valence-electron chi connectivity index (χ2n) is 8.62. The molecule has 2 heterocycles. The van der Waals surface area contributed by atoms with Gasteiger partial charge in [0.1, 0.15) is 5.82 Å². The summed E-state index contributed by atoms with van der Waals surface area (Å²) in [6, 6.07) is 10.5. The van der Waals surface area contributed by atoms with Crippen LogP contribution in [0.4, 0.5) is 5.82 Å². The van der Waals surface area contributed by atoms with E-state index in [1.165, 1.54) is 0 Å². The number of rotatable bonds is 6. The van der Waals surface area contributed by atoms with Gasteiger partial charge in [0.15, 0.2) is 0 Å². The zero-order valence-corrected chi connectivity index (χ0v) is 19.7. The van der Waals surface area contributed by atoms with Crippen molar-refractivity contribution in [3.8, 4) is 0 Å². The number of hydrogen-bond acceptors (Lipinski definition) is 5. The Balaban J connectivity index is 1.47. The summed E-state index contributed by atoms with van der Waals surface area (Å²) >= 11 is 5.88. The summed E-state index contributed by atoms with van der Waals surface area (Å²) in [5.41, 5.74) is 1.02. The first-order chi connectivity index (χ1) is 14.6. The Bertz CT molecular complexity index is 995. The first-order valence-electron chi connectivity index (χ1n) is 10.3. The van der Waals surface area contributed by atoms with Gasteiger partial charge in [-0.25, -0.2) is 18.1 Å². The van der Waals surface area contributed by atoms with Gasteiger partial charge in [-0.2, -0.15) is 0 Å². The summed E-state index contributed by atoms with van der Waals surface area (Å²) < 4.78 is 27.6. The standard InChI is InChI=1S/C22H29ClN4O3S/c1-22(2,3)17-4-7-19(8-5-17)31(29,30)25-11-10-21(28)27-14-12-26(13-15-27)20-9-6-18(23)16-24-20/h4-9,16,25H,10-15H2,1-3H3. The number of carbonyl (C=O) groups is 1. The Morgan fingerprint density at radius 3 is 2.26 bits per heavy atom. The van der Waals surface area contributed by atoms with Crippen LogP contribution >= 0.6 is 11.6 Å². The molecule has 2 aromatic rings. The molecule has 1 amide bonds. The molecule has 1 N–H and O–H groups in total. The Morgan fingerprint density at radius 1 is 1.06 bits per heavy atom. The van der Waals surface area contributed by atoms with E-state index < -0.39 is 10.0 Å². The Kier molecular flexibility index (Phi) is 7.24. The van der Waals surface area contributed by atoms with Crippen LogP contribution in [0, 0.1) is 0 Å². The summed E-state index contributed by atoms with van der Waals surface area (Å²) in [6.07, 6.45) is 1.73. The molecule has 1 fully saturated rings. The van der Waals surface area contributed by atoms with E-state index in [1.807, 2.05) is 18.2 Å². The van der Waals surface area contributed by atoms with Gasteiger partial charge in [-0.3, -0.25) is 4.79 Å². The lowest BCUT2D eigenvalue weighted by Gasteiger charge is -2.35. The van der Waals surface area contributed by atoms with Crippen LogP contribution < -0.4 is 9.62 Å². The van der Waals surface area contributed by atoms with Gasteiger partial charge in [0.05, 0.1) is 9.92 Å². The highest BCUT2D eigenvalue weighted by atomic mass is 35.5. The summed E-state index contributed by atoms with van der Waals surface area (Å²) in [6.45, 7) is 8.79. The van der Waals surface area contributed by atoms with Gasteiger partial charge < -0.3 is 9.80 Å². The fourth-order valence-corrected chi connectivity index (χ4v) is 4.55. The molecule has 31 heavy (non-hydrogen) atoms. The molecule has 9 heteroatoms. The van der Waals surface area contributed by atoms with Crippen molar-refractivity contribution in [3.63, 3.8) is 0 Å². The van der Waals surface area contributed by atoms with E-state index in [9.17, 15) is 13.2 Å². The first-order valence-corrected chi connectivity index (χ1v) is 12.2. The summed E-state index contributed by atoms with van der Waals surface area (Å²) in [5, 5.41) is 0.588. The van der Waals surface area contributed by atoms with Crippen molar-refractivity contribution in [1.82, 2.24) is 14.6 Å². The van der Waals surface area contributed by atoms with Gasteiger partial charge in [0.25, 0.3) is 0 Å². The molecule has 0 bridgehead atoms. The van der Waals surface area contributed by atoms with Crippen molar-refractivity contribution in [3.05, 3.63) is 53.2 Å². The van der Waals surface area contributed by atoms with Crippen LogP contribution in [-0.2, 0) is 20.2 Å². The highest BCUT2D eigenvalue weighted by Gasteiger charge is 2.23. The van der Waals surface area contributed by atoms with Gasteiger partial charge in [-0.15, -0.1) is 0 Å². The van der Waals surface area contributed by atoms with Crippen LogP contribution in [0.25, 0.3) is 0 Å². The van der Waals surface area contributed by atoms with Crippen molar-refractivity contribution in [1.29, 1.82) is 0 Å². The number of hydrogen-bond donors (Lipinski definition) is 1. The van der Waals surface area contributed by atoms with E-state index >= 15 is 0 Å². The minimum Gasteiger partial charge on any atom is -0.353 e. The fourth-order valence-electron chi connectivity index (χ4n) is 3.41. The number of anilines is 1. The normalized spacial score (nSPS) is 15.2. The van der Waals surface area contributed by atoms with Crippen LogP contribution in [-0.4, -0.2) is 56.9 Å². The van der Waals surface area contributed by atoms with Crippen LogP contribution in [0.15, 0.2) is 47.5 Å². The average molecular weight is 465 g/mol. The Morgan fingerprint density at radius 2 is 1.71 bits per heavy atom. The quantitative estimate of drug-likeness (QED) is 0.710. The molecule has 0 radical (unpaired) electrons. The average Bonchev–Trinajstić information content (AvgIpc) is 2.74. The maximum absolute atomic E-state index is 12.5. The molecule has 0 spiro atoms. The van der Waals surface area contributed by atoms with Gasteiger partial charge in [-0.05, 0) is 35.2 Å². The van der Waals surface area contributed by atoms with Gasteiger partial charge in [0.2, 0.25) is 15.9 Å². The van der Waals surface area contributed by atoms with E-state index in [0.717, 1.165) is 11.4 Å². The molecule has 0 unspecified atom stereocenters. The predicted octanol–water partition coefficient (Wildman–Crippen LogP) is 3.05. The summed E-state index contributed by atoms with van der Waals surface area (Å²) in [5.74, 6) is 0.774. The minimum atomic E-state index is -3.65. The molecule has 168 valence electrons. The third-order valence-electron chi connectivity index (χ3n) is 5.33. The lowest BCUT2D eigenvalue weighted by Crippen LogP contribution is -2.49. The number of pyridine rings is 1. The monoisotopic (exact) mass is 464 g/mol. The highest BCUT2D eigenvalue weighted by Crippen LogP contribution is 2.23. The summed E-state index contributed by atoms with van der Waals surface area (Å²) in [7, 11) is -3.65. The molecule has 7 nitrogen and oxygen atoms in total. The highest BCUT2D eigenvalue weighted by molar-refractivity contribution is 7.89. The van der Waals surface area contributed by atoms with Gasteiger partial charge in [-0.1, -0.05) is 44.5 Å². The third-order valence-corrected chi connectivity index (χ3v) is 7.03. The minimum absolute atomic E-state index is 0.0458. The van der Waals surface area contributed by atoms with Crippen LogP contribution in [0.5, 0.6) is 0 Å². The number of nitrogens with one attached hydrogen (secondary N) is 1. The van der Waals surface area contributed by atoms with Crippen molar-refractivity contribution >= 4 is 33.3 Å². The van der Waals surface area contributed by atoms with Crippen LogP contribution in [0.3, 0.4) is 0 Å². The summed E-state index contributed by atoms with van der Waals surface area (Å²) in [4.78, 5) is 20.9. The van der Waals surface area contributed by atoms with E-state index in [-0.39, 0.29) is 29.2 Å². The Labute approximate surface area is 189 Å². The van der Waals surface area contributed by atoms with Crippen LogP contribution in [0.1, 0.15) is 32.8 Å². The van der Waals surface area contributed by atoms with Crippen molar-refractivity contribution in [2.24, 2.45) is 0 Å². The molecular formula is C22H29ClN4O3S. The fraction of sp³-hybridized carbons (Fsp3) is 0.455. The molecule has 1 aromatic heterocycles. The molecule has 0 atom stereocenters. The van der Waals surface area contributed by atoms with E-state index in [4.69, 9.17) is 11.6 Å². The zero-order valence-electron chi connectivity index (χ0n) is 18.1. The van der Waals surface area contributed by atoms with E-state index in [0.29, 0.717) is 31.2 Å². The smallest absolute Gasteiger partial charge is 0.240 e. The van der Waals surface area contributed by atoms with Crippen molar-refractivity contribution in [2.75, 3.05) is 37.6 Å². The van der Waals surface area contributed by atoms with Gasteiger partial charge in [0, 0.05) is 45.3 Å². The number of halogens is 1. The maximum atomic E-state index is 12.5. The molecule has 0 aliphatic carbocycles. The second-order valence-corrected chi connectivity index (χ2v) is 10.8. The first kappa shape index (κ1) is 23.5. The molecule has 1 saturated heterocycles. The van der Waals surface area contributed by atoms with Crippen molar-refractivity contribution < 1.29 is 13.2 Å². The predicted molar refractivity (Wildman–Crippen MR) is 123 cm³/mol. The zero-order chi connectivity index (χ0) is 22.6. The van der Waals surface area contributed by atoms with E-state index in [2.05, 4.69) is 35.4 Å². The number of sulfonamides is 1. The largest absolute Gasteiger partial charge is 0.353 e. The molecule has 1 aliphatic rings. The number of piperazine rings is 1. The lowest BCUT2D eigenvalue weighted by molar-refractivity contribution is -0.131. The molecule has 0 saturated carbocycles. The van der Waals surface area contributed by atoms with Crippen LogP contribution in [0.2, 0.25) is 5.02 Å². The molecular weight excluding hydrogens is 436 g/mol. The topological polar surface area (TPSA) is 82.6 Å². The van der Waals surface area contributed by atoms with Gasteiger partial charge >= 0.3 is 0 Å². The Hall–Kier alpha value is -2.16. The van der Waals surface area contributed by atoms with Crippen molar-refractivity contribution in [2.45, 2.75) is 37.5 Å². The number of carbonyl (C=O) groups excluding carboxylic acids is 1.